The van der Waals surface area contributed by atoms with Crippen molar-refractivity contribution in [2.75, 3.05) is 11.9 Å². The van der Waals surface area contributed by atoms with Gasteiger partial charge in [-0.1, -0.05) is 30.3 Å². The summed E-state index contributed by atoms with van der Waals surface area (Å²) in [6.45, 7) is 3.04. The highest BCUT2D eigenvalue weighted by Crippen LogP contribution is 2.31. The molecule has 0 radical (unpaired) electrons. The molecular weight excluding hydrogens is 282 g/mol. The number of carbonyl (C=O) groups excluding carboxylic acids is 1. The van der Waals surface area contributed by atoms with Crippen molar-refractivity contribution in [1.29, 1.82) is 0 Å². The topological polar surface area (TPSA) is 54.0 Å². The summed E-state index contributed by atoms with van der Waals surface area (Å²) in [6.07, 6.45) is 1.79. The maximum Gasteiger partial charge on any atom is 0.228 e. The lowest BCUT2D eigenvalue weighted by Crippen LogP contribution is -2.40. The smallest absolute Gasteiger partial charge is 0.228 e. The monoisotopic (exact) mass is 301 g/mol. The van der Waals surface area contributed by atoms with Crippen LogP contribution in [0.15, 0.2) is 35.8 Å². The van der Waals surface area contributed by atoms with Gasteiger partial charge in [-0.3, -0.25) is 4.79 Å². The second kappa shape index (κ2) is 6.37. The first-order valence-electron chi connectivity index (χ1n) is 7.27. The fraction of sp³-hybridized carbons (Fsp3) is 0.375. The molecule has 2 N–H and O–H groups in total. The van der Waals surface area contributed by atoms with E-state index in [-0.39, 0.29) is 11.8 Å². The molecule has 0 unspecified atom stereocenters. The first-order valence-corrected chi connectivity index (χ1v) is 8.15. The molecule has 1 aliphatic rings. The number of hydrogen-bond donors (Lipinski definition) is 2. The van der Waals surface area contributed by atoms with Crippen LogP contribution in [0.2, 0.25) is 0 Å². The molecule has 1 aromatic carbocycles. The first kappa shape index (κ1) is 14.2. The molecule has 2 atom stereocenters. The second-order valence-electron chi connectivity index (χ2n) is 5.46. The van der Waals surface area contributed by atoms with Crippen LogP contribution >= 0.6 is 11.3 Å². The van der Waals surface area contributed by atoms with Gasteiger partial charge in [-0.2, -0.15) is 0 Å². The molecule has 0 saturated carbocycles. The minimum absolute atomic E-state index is 0.0898. The molecule has 0 aliphatic carbocycles. The van der Waals surface area contributed by atoms with Crippen molar-refractivity contribution in [3.63, 3.8) is 0 Å². The van der Waals surface area contributed by atoms with Crippen LogP contribution < -0.4 is 10.6 Å². The van der Waals surface area contributed by atoms with Gasteiger partial charge < -0.3 is 10.6 Å². The third-order valence-corrected chi connectivity index (χ3v) is 4.59. The zero-order valence-electron chi connectivity index (χ0n) is 12.0. The maximum absolute atomic E-state index is 12.4. The number of thiazole rings is 1. The van der Waals surface area contributed by atoms with Crippen LogP contribution in [-0.2, 0) is 4.79 Å². The molecule has 0 spiro atoms. The van der Waals surface area contributed by atoms with Gasteiger partial charge in [0.25, 0.3) is 0 Å². The summed E-state index contributed by atoms with van der Waals surface area (Å²) in [7, 11) is 0. The van der Waals surface area contributed by atoms with Crippen LogP contribution in [-0.4, -0.2) is 23.5 Å². The highest BCUT2D eigenvalue weighted by atomic mass is 32.1. The molecule has 3 rings (SSSR count). The van der Waals surface area contributed by atoms with Crippen molar-refractivity contribution in [3.8, 4) is 11.3 Å². The maximum atomic E-state index is 12.4. The third-order valence-electron chi connectivity index (χ3n) is 3.85. The van der Waals surface area contributed by atoms with Crippen molar-refractivity contribution >= 4 is 22.2 Å². The van der Waals surface area contributed by atoms with E-state index in [0.29, 0.717) is 6.04 Å². The highest BCUT2D eigenvalue weighted by molar-refractivity contribution is 7.14. The molecule has 1 fully saturated rings. The van der Waals surface area contributed by atoms with Gasteiger partial charge in [0, 0.05) is 17.5 Å². The fourth-order valence-corrected chi connectivity index (χ4v) is 3.43. The minimum atomic E-state index is 0.0898. The predicted molar refractivity (Wildman–Crippen MR) is 86.4 cm³/mol. The van der Waals surface area contributed by atoms with Gasteiger partial charge in [-0.25, -0.2) is 4.98 Å². The average molecular weight is 301 g/mol. The van der Waals surface area contributed by atoms with Gasteiger partial charge in [0.05, 0.1) is 5.51 Å². The Morgan fingerprint density at radius 1 is 1.38 bits per heavy atom. The molecule has 1 amide bonds. The summed E-state index contributed by atoms with van der Waals surface area (Å²) in [5, 5.41) is 7.29. The number of amides is 1. The Kier molecular flexibility index (Phi) is 4.31. The lowest BCUT2D eigenvalue weighted by Gasteiger charge is -2.26. The largest absolute Gasteiger partial charge is 0.316 e. The average Bonchev–Trinajstić information content (AvgIpc) is 2.96. The Hall–Kier alpha value is -1.72. The van der Waals surface area contributed by atoms with Gasteiger partial charge >= 0.3 is 0 Å². The van der Waals surface area contributed by atoms with Crippen LogP contribution in [0.1, 0.15) is 19.8 Å². The van der Waals surface area contributed by atoms with E-state index >= 15 is 0 Å². The summed E-state index contributed by atoms with van der Waals surface area (Å²) < 4.78 is 0. The number of carbonyl (C=O) groups is 1. The van der Waals surface area contributed by atoms with Crippen molar-refractivity contribution in [2.45, 2.75) is 25.8 Å². The van der Waals surface area contributed by atoms with Gasteiger partial charge in [-0.15, -0.1) is 11.3 Å². The van der Waals surface area contributed by atoms with Gasteiger partial charge in [0.1, 0.15) is 10.7 Å². The lowest BCUT2D eigenvalue weighted by atomic mass is 9.92. The molecule has 21 heavy (non-hydrogen) atoms. The summed E-state index contributed by atoms with van der Waals surface area (Å²) in [5.74, 6) is 0.205. The Bertz CT molecular complexity index is 611. The van der Waals surface area contributed by atoms with Crippen LogP contribution in [0, 0.1) is 5.92 Å². The SMILES string of the molecule is C[C@H]1C[C@@H](C(=O)Nc2scnc2-c2ccccc2)CCN1. The zero-order chi connectivity index (χ0) is 14.7. The van der Waals surface area contributed by atoms with E-state index in [2.05, 4.69) is 22.5 Å². The Balaban J connectivity index is 1.74. The number of nitrogens with zero attached hydrogens (tertiary/aromatic N) is 1. The molecule has 1 saturated heterocycles. The highest BCUT2D eigenvalue weighted by Gasteiger charge is 2.25. The number of piperidine rings is 1. The van der Waals surface area contributed by atoms with Crippen LogP contribution in [0.5, 0.6) is 0 Å². The fourth-order valence-electron chi connectivity index (χ4n) is 2.72. The van der Waals surface area contributed by atoms with E-state index in [1.807, 2.05) is 30.3 Å². The molecule has 4 nitrogen and oxygen atoms in total. The van der Waals surface area contributed by atoms with Gasteiger partial charge in [-0.05, 0) is 26.3 Å². The Morgan fingerprint density at radius 3 is 2.95 bits per heavy atom. The lowest BCUT2D eigenvalue weighted by molar-refractivity contribution is -0.120. The molecule has 2 heterocycles. The van der Waals surface area contributed by atoms with Crippen molar-refractivity contribution in [1.82, 2.24) is 10.3 Å². The molecular formula is C16H19N3OS. The number of nitrogens with one attached hydrogen (secondary N) is 2. The first-order chi connectivity index (χ1) is 10.2. The summed E-state index contributed by atoms with van der Waals surface area (Å²) in [5.41, 5.74) is 3.67. The third kappa shape index (κ3) is 3.31. The standard InChI is InChI=1S/C16H19N3OS/c1-11-9-13(7-8-17-11)15(20)19-16-14(18-10-21-16)12-5-3-2-4-6-12/h2-6,10-11,13,17H,7-9H2,1H3,(H,19,20)/t11-,13-/m0/s1. The van der Waals surface area contributed by atoms with Gasteiger partial charge in [0.15, 0.2) is 0 Å². The molecule has 1 aromatic heterocycles. The molecule has 0 bridgehead atoms. The molecule has 5 heteroatoms. The second-order valence-corrected chi connectivity index (χ2v) is 6.32. The number of hydrogen-bond acceptors (Lipinski definition) is 4. The summed E-state index contributed by atoms with van der Waals surface area (Å²) >= 11 is 1.48. The quantitative estimate of drug-likeness (QED) is 0.915. The zero-order valence-corrected chi connectivity index (χ0v) is 12.8. The van der Waals surface area contributed by atoms with E-state index in [4.69, 9.17) is 0 Å². The normalized spacial score (nSPS) is 22.0. The summed E-state index contributed by atoms with van der Waals surface area (Å²) in [6, 6.07) is 10.4. The number of aromatic nitrogens is 1. The van der Waals surface area contributed by atoms with Crippen LogP contribution in [0.4, 0.5) is 5.00 Å². The number of anilines is 1. The van der Waals surface area contributed by atoms with Crippen LogP contribution in [0.25, 0.3) is 11.3 Å². The van der Waals surface area contributed by atoms with Crippen molar-refractivity contribution < 1.29 is 4.79 Å². The van der Waals surface area contributed by atoms with Crippen molar-refractivity contribution in [2.24, 2.45) is 5.92 Å². The summed E-state index contributed by atoms with van der Waals surface area (Å²) in [4.78, 5) is 16.8. The van der Waals surface area contributed by atoms with E-state index in [9.17, 15) is 4.79 Å². The van der Waals surface area contributed by atoms with E-state index in [0.717, 1.165) is 35.6 Å². The Morgan fingerprint density at radius 2 is 2.19 bits per heavy atom. The van der Waals surface area contributed by atoms with E-state index < -0.39 is 0 Å². The van der Waals surface area contributed by atoms with Crippen LogP contribution in [0.3, 0.4) is 0 Å². The molecule has 110 valence electrons. The van der Waals surface area contributed by atoms with E-state index in [1.54, 1.807) is 5.51 Å². The Labute approximate surface area is 128 Å². The number of benzene rings is 1. The molecule has 2 aromatic rings. The predicted octanol–water partition coefficient (Wildman–Crippen LogP) is 3.14. The molecule has 1 aliphatic heterocycles. The number of rotatable bonds is 3. The van der Waals surface area contributed by atoms with E-state index in [1.165, 1.54) is 11.3 Å². The minimum Gasteiger partial charge on any atom is -0.316 e. The van der Waals surface area contributed by atoms with Crippen molar-refractivity contribution in [3.05, 3.63) is 35.8 Å². The van der Waals surface area contributed by atoms with Gasteiger partial charge in [0.2, 0.25) is 5.91 Å².